The van der Waals surface area contributed by atoms with Crippen molar-refractivity contribution in [3.05, 3.63) is 45.1 Å². The molecule has 0 saturated heterocycles. The van der Waals surface area contributed by atoms with Gasteiger partial charge in [-0.05, 0) is 58.8 Å². The minimum absolute atomic E-state index is 0.115. The first-order valence-corrected chi connectivity index (χ1v) is 10.2. The average Bonchev–Trinajstić information content (AvgIpc) is 3.31. The lowest BCUT2D eigenvalue weighted by atomic mass is 9.97. The van der Waals surface area contributed by atoms with Gasteiger partial charge in [-0.15, -0.1) is 10.2 Å². The molecule has 3 aromatic rings. The van der Waals surface area contributed by atoms with Crippen LogP contribution in [0.4, 0.5) is 0 Å². The Balaban J connectivity index is 1.96. The number of H-pyrrole nitrogens is 1. The van der Waals surface area contributed by atoms with Gasteiger partial charge in [-0.3, -0.25) is 9.59 Å². The molecule has 0 saturated carbocycles. The molecule has 0 fully saturated rings. The molecule has 2 heterocycles. The van der Waals surface area contributed by atoms with Crippen molar-refractivity contribution in [1.82, 2.24) is 25.2 Å². The smallest absolute Gasteiger partial charge is 0.302 e. The van der Waals surface area contributed by atoms with E-state index in [0.29, 0.717) is 38.3 Å². The Morgan fingerprint density at radius 3 is 2.71 bits per heavy atom. The molecule has 0 aliphatic carbocycles. The van der Waals surface area contributed by atoms with Crippen LogP contribution in [0.3, 0.4) is 0 Å². The highest BCUT2D eigenvalue weighted by atomic mass is 79.9. The number of halogens is 1. The number of carbonyl (C=O) groups is 2. The van der Waals surface area contributed by atoms with Gasteiger partial charge in [0.1, 0.15) is 12.4 Å². The highest BCUT2D eigenvalue weighted by Gasteiger charge is 2.26. The molecule has 1 atom stereocenters. The minimum Gasteiger partial charge on any atom is -0.496 e. The number of nitrogens with one attached hydrogen (secondary N) is 1. The van der Waals surface area contributed by atoms with Crippen molar-refractivity contribution in [2.45, 2.75) is 33.4 Å². The molecular weight excluding hydrogens is 470 g/mol. The van der Waals surface area contributed by atoms with Gasteiger partial charge in [-0.1, -0.05) is 0 Å². The summed E-state index contributed by atoms with van der Waals surface area (Å²) in [6.07, 6.45) is -0.924. The fraction of sp³-hybridized carbons (Fsp3) is 0.350. The second kappa shape index (κ2) is 9.40. The lowest BCUT2D eigenvalue weighted by Crippen LogP contribution is -2.11. The molecule has 1 aromatic carbocycles. The van der Waals surface area contributed by atoms with E-state index in [1.54, 1.807) is 39.2 Å². The second-order valence-electron chi connectivity index (χ2n) is 6.82. The summed E-state index contributed by atoms with van der Waals surface area (Å²) in [6, 6.07) is 5.02. The predicted octanol–water partition coefficient (Wildman–Crippen LogP) is 2.60. The third kappa shape index (κ3) is 4.83. The molecule has 10 nitrogen and oxygen atoms in total. The van der Waals surface area contributed by atoms with E-state index in [9.17, 15) is 14.7 Å². The molecule has 3 rings (SSSR count). The number of carbonyl (C=O) groups excluding carboxylic acids is 2. The van der Waals surface area contributed by atoms with Crippen LogP contribution in [0, 0.1) is 6.92 Å². The van der Waals surface area contributed by atoms with E-state index in [4.69, 9.17) is 9.47 Å². The topological polar surface area (TPSA) is 132 Å². The molecule has 164 valence electrons. The minimum atomic E-state index is -0.924. The number of rotatable bonds is 8. The first-order valence-electron chi connectivity index (χ1n) is 9.43. The monoisotopic (exact) mass is 491 g/mol. The number of benzene rings is 1. The summed E-state index contributed by atoms with van der Waals surface area (Å²) in [5.41, 5.74) is 2.21. The molecule has 0 radical (unpaired) electrons. The number of nitrogens with zero attached hydrogens (tertiary/aromatic N) is 4. The van der Waals surface area contributed by atoms with Crippen molar-refractivity contribution in [2.75, 3.05) is 13.7 Å². The molecule has 31 heavy (non-hydrogen) atoms. The largest absolute Gasteiger partial charge is 0.496 e. The van der Waals surface area contributed by atoms with Crippen LogP contribution in [0.25, 0.3) is 11.5 Å². The fourth-order valence-electron chi connectivity index (χ4n) is 3.11. The molecule has 2 N–H and O–H groups in total. The van der Waals surface area contributed by atoms with Gasteiger partial charge < -0.3 is 19.6 Å². The zero-order chi connectivity index (χ0) is 22.7. The van der Waals surface area contributed by atoms with Crippen molar-refractivity contribution in [1.29, 1.82) is 0 Å². The molecule has 1 unspecified atom stereocenters. The van der Waals surface area contributed by atoms with Gasteiger partial charge in [-0.25, -0.2) is 0 Å². The van der Waals surface area contributed by atoms with Crippen LogP contribution in [-0.4, -0.2) is 55.8 Å². The number of esters is 1. The van der Waals surface area contributed by atoms with Crippen LogP contribution in [-0.2, 0) is 16.1 Å². The lowest BCUT2D eigenvalue weighted by Gasteiger charge is -2.09. The molecule has 0 aliphatic heterocycles. The number of ether oxygens (including phenoxy) is 2. The summed E-state index contributed by atoms with van der Waals surface area (Å²) in [5.74, 6) is 0.211. The van der Waals surface area contributed by atoms with E-state index in [2.05, 4.69) is 36.3 Å². The summed E-state index contributed by atoms with van der Waals surface area (Å²) in [7, 11) is 1.54. The summed E-state index contributed by atoms with van der Waals surface area (Å²) in [5, 5.41) is 22.5. The Labute approximate surface area is 186 Å². The first kappa shape index (κ1) is 22.6. The summed E-state index contributed by atoms with van der Waals surface area (Å²) in [4.78, 5) is 28.5. The molecule has 0 spiro atoms. The van der Waals surface area contributed by atoms with E-state index in [-0.39, 0.29) is 24.8 Å². The Bertz CT molecular complexity index is 1120. The zero-order valence-corrected chi connectivity index (χ0v) is 19.1. The number of methoxy groups -OCH3 is 1. The van der Waals surface area contributed by atoms with Crippen molar-refractivity contribution in [3.63, 3.8) is 0 Å². The van der Waals surface area contributed by atoms with E-state index in [0.717, 1.165) is 0 Å². The highest BCUT2D eigenvalue weighted by Crippen LogP contribution is 2.32. The van der Waals surface area contributed by atoms with Crippen molar-refractivity contribution >= 4 is 27.7 Å². The van der Waals surface area contributed by atoms with Crippen molar-refractivity contribution in [2.24, 2.45) is 0 Å². The zero-order valence-electron chi connectivity index (χ0n) is 17.5. The maximum absolute atomic E-state index is 13.3. The van der Waals surface area contributed by atoms with Crippen LogP contribution in [0.15, 0.2) is 22.7 Å². The second-order valence-corrected chi connectivity index (χ2v) is 7.67. The van der Waals surface area contributed by atoms with Gasteiger partial charge in [-0.2, -0.15) is 4.80 Å². The Morgan fingerprint density at radius 1 is 1.35 bits per heavy atom. The quantitative estimate of drug-likeness (QED) is 0.362. The van der Waals surface area contributed by atoms with Crippen LogP contribution in [0.1, 0.15) is 47.1 Å². The Hall–Kier alpha value is -3.05. The lowest BCUT2D eigenvalue weighted by molar-refractivity contribution is -0.141. The number of ketones is 1. The molecule has 0 aliphatic rings. The van der Waals surface area contributed by atoms with Crippen molar-refractivity contribution < 1.29 is 24.2 Å². The maximum atomic E-state index is 13.3. The van der Waals surface area contributed by atoms with E-state index in [1.807, 2.05) is 0 Å². The van der Waals surface area contributed by atoms with Gasteiger partial charge in [0, 0.05) is 18.1 Å². The van der Waals surface area contributed by atoms with Gasteiger partial charge in [0.25, 0.3) is 0 Å². The van der Waals surface area contributed by atoms with Crippen LogP contribution >= 0.6 is 15.9 Å². The van der Waals surface area contributed by atoms with Crippen LogP contribution in [0.2, 0.25) is 0 Å². The molecule has 2 aromatic heterocycles. The van der Waals surface area contributed by atoms with Gasteiger partial charge in [0.05, 0.1) is 35.6 Å². The number of aromatic nitrogens is 5. The number of hydrogen-bond acceptors (Lipinski definition) is 8. The van der Waals surface area contributed by atoms with E-state index >= 15 is 0 Å². The average molecular weight is 492 g/mol. The number of tetrazole rings is 1. The predicted molar refractivity (Wildman–Crippen MR) is 114 cm³/mol. The van der Waals surface area contributed by atoms with Gasteiger partial charge in [0.2, 0.25) is 5.82 Å². The maximum Gasteiger partial charge on any atom is 0.302 e. The molecule has 11 heteroatoms. The Morgan fingerprint density at radius 2 is 2.10 bits per heavy atom. The molecule has 0 bridgehead atoms. The SMILES string of the molecule is COc1ccc(C(=O)c2c(C(C)O)[nH]c(-c3nnn(CCOC(C)=O)n3)c2C)cc1Br. The third-order valence-corrected chi connectivity index (χ3v) is 5.23. The van der Waals surface area contributed by atoms with Gasteiger partial charge >= 0.3 is 5.97 Å². The Kier molecular flexibility index (Phi) is 6.86. The third-order valence-electron chi connectivity index (χ3n) is 4.61. The fourth-order valence-corrected chi connectivity index (χ4v) is 3.65. The van der Waals surface area contributed by atoms with Crippen LogP contribution in [0.5, 0.6) is 5.75 Å². The summed E-state index contributed by atoms with van der Waals surface area (Å²) in [6.45, 7) is 4.99. The number of hydrogen-bond donors (Lipinski definition) is 2. The van der Waals surface area contributed by atoms with Gasteiger partial charge in [0.15, 0.2) is 5.78 Å². The number of aliphatic hydroxyl groups excluding tert-OH is 1. The highest BCUT2D eigenvalue weighted by molar-refractivity contribution is 9.10. The first-order chi connectivity index (χ1) is 14.7. The van der Waals surface area contributed by atoms with Crippen molar-refractivity contribution in [3.8, 4) is 17.3 Å². The molecular formula is C20H22BrN5O5. The molecule has 0 amide bonds. The number of aliphatic hydroxyl groups is 1. The van der Waals surface area contributed by atoms with E-state index < -0.39 is 12.1 Å². The standard InChI is InChI=1S/C20H22BrN5O5/c1-10-16(19(29)13-5-6-15(30-4)14(21)9-13)18(11(2)27)22-17(10)20-23-25-26(24-20)7-8-31-12(3)28/h5-6,9,11,22,27H,7-8H2,1-4H3. The normalized spacial score (nSPS) is 11.9. The van der Waals surface area contributed by atoms with E-state index in [1.165, 1.54) is 11.7 Å². The summed E-state index contributed by atoms with van der Waals surface area (Å²) >= 11 is 3.39. The van der Waals surface area contributed by atoms with Crippen LogP contribution < -0.4 is 4.74 Å². The number of aromatic amines is 1. The summed E-state index contributed by atoms with van der Waals surface area (Å²) < 4.78 is 10.7.